The average molecular weight is 299 g/mol. The first-order chi connectivity index (χ1) is 10.6. The molecule has 2 N–H and O–H groups in total. The zero-order chi connectivity index (χ0) is 15.3. The molecule has 4 rings (SSSR count). The van der Waals surface area contributed by atoms with Gasteiger partial charge in [-0.05, 0) is 42.5 Å². The number of carbonyl (C=O) groups is 2. The summed E-state index contributed by atoms with van der Waals surface area (Å²) in [6, 6.07) is 5.94. The predicted molar refractivity (Wildman–Crippen MR) is 79.5 cm³/mol. The highest BCUT2D eigenvalue weighted by Gasteiger charge is 2.53. The van der Waals surface area contributed by atoms with E-state index in [1.54, 1.807) is 12.2 Å². The molecule has 1 aromatic rings. The third-order valence-corrected chi connectivity index (χ3v) is 4.85. The summed E-state index contributed by atoms with van der Waals surface area (Å²) in [7, 11) is 0. The van der Waals surface area contributed by atoms with Gasteiger partial charge in [0.1, 0.15) is 5.92 Å². The first-order valence-corrected chi connectivity index (χ1v) is 7.63. The van der Waals surface area contributed by atoms with Gasteiger partial charge in [0.25, 0.3) is 0 Å². The quantitative estimate of drug-likeness (QED) is 0.834. The number of amides is 1. The van der Waals surface area contributed by atoms with Gasteiger partial charge in [-0.15, -0.1) is 0 Å². The Balaban J connectivity index is 1.55. The molecule has 1 saturated heterocycles. The number of benzene rings is 1. The number of carboxylic acids is 1. The average Bonchev–Trinajstić information content (AvgIpc) is 3.20. The van der Waals surface area contributed by atoms with E-state index >= 15 is 0 Å². The van der Waals surface area contributed by atoms with Gasteiger partial charge in [0.05, 0.1) is 18.1 Å². The molecule has 2 bridgehead atoms. The van der Waals surface area contributed by atoms with E-state index in [9.17, 15) is 14.7 Å². The molecular formula is C17H17NO4. The van der Waals surface area contributed by atoms with Crippen molar-refractivity contribution in [3.05, 3.63) is 41.5 Å². The van der Waals surface area contributed by atoms with Crippen LogP contribution in [-0.2, 0) is 27.2 Å². The molecule has 4 atom stereocenters. The lowest BCUT2D eigenvalue weighted by Crippen LogP contribution is -2.39. The molecule has 114 valence electrons. The van der Waals surface area contributed by atoms with Crippen LogP contribution in [0.3, 0.4) is 0 Å². The first-order valence-electron chi connectivity index (χ1n) is 7.63. The van der Waals surface area contributed by atoms with Crippen molar-refractivity contribution in [2.24, 2.45) is 11.8 Å². The monoisotopic (exact) mass is 299 g/mol. The molecule has 5 heteroatoms. The molecule has 5 nitrogen and oxygen atoms in total. The normalized spacial score (nSPS) is 31.3. The van der Waals surface area contributed by atoms with Gasteiger partial charge in [-0.1, -0.05) is 18.2 Å². The van der Waals surface area contributed by atoms with Crippen LogP contribution in [0.15, 0.2) is 30.4 Å². The molecule has 1 aliphatic carbocycles. The highest BCUT2D eigenvalue weighted by Crippen LogP contribution is 2.40. The second kappa shape index (κ2) is 4.95. The number of carboxylic acid groups (broad SMARTS) is 1. The second-order valence-electron chi connectivity index (χ2n) is 6.17. The lowest BCUT2D eigenvalue weighted by Gasteiger charge is -2.21. The Morgan fingerprint density at radius 1 is 1.09 bits per heavy atom. The third kappa shape index (κ3) is 2.04. The van der Waals surface area contributed by atoms with Crippen molar-refractivity contribution in [1.29, 1.82) is 0 Å². The number of fused-ring (bicyclic) bond motifs is 3. The molecule has 0 aromatic heterocycles. The van der Waals surface area contributed by atoms with Crippen molar-refractivity contribution in [1.82, 2.24) is 0 Å². The summed E-state index contributed by atoms with van der Waals surface area (Å²) in [5, 5.41) is 12.2. The number of ether oxygens (including phenoxy) is 1. The lowest BCUT2D eigenvalue weighted by atomic mass is 9.82. The molecule has 2 aliphatic heterocycles. The van der Waals surface area contributed by atoms with Crippen LogP contribution in [0, 0.1) is 11.8 Å². The van der Waals surface area contributed by atoms with E-state index in [-0.39, 0.29) is 5.91 Å². The molecule has 4 unspecified atom stereocenters. The van der Waals surface area contributed by atoms with Gasteiger partial charge in [-0.25, -0.2) is 0 Å². The molecule has 0 saturated carbocycles. The van der Waals surface area contributed by atoms with E-state index in [1.165, 1.54) is 11.1 Å². The molecule has 3 aliphatic rings. The largest absolute Gasteiger partial charge is 0.481 e. The zero-order valence-electron chi connectivity index (χ0n) is 12.0. The summed E-state index contributed by atoms with van der Waals surface area (Å²) in [5.41, 5.74) is 3.35. The van der Waals surface area contributed by atoms with Crippen LogP contribution < -0.4 is 5.32 Å². The van der Waals surface area contributed by atoms with Crippen molar-refractivity contribution in [3.8, 4) is 0 Å². The van der Waals surface area contributed by atoms with Gasteiger partial charge < -0.3 is 15.2 Å². The van der Waals surface area contributed by atoms with Crippen LogP contribution in [0.25, 0.3) is 0 Å². The van der Waals surface area contributed by atoms with Crippen LogP contribution in [0.2, 0.25) is 0 Å². The Labute approximate surface area is 128 Å². The molecule has 1 fully saturated rings. The molecule has 22 heavy (non-hydrogen) atoms. The Hall–Kier alpha value is -2.14. The molecule has 2 heterocycles. The maximum absolute atomic E-state index is 12.5. The zero-order valence-corrected chi connectivity index (χ0v) is 12.0. The number of carbonyl (C=O) groups excluding carboxylic acids is 1. The van der Waals surface area contributed by atoms with Crippen molar-refractivity contribution in [3.63, 3.8) is 0 Å². The van der Waals surface area contributed by atoms with Gasteiger partial charge >= 0.3 is 5.97 Å². The molecule has 0 radical (unpaired) electrons. The Morgan fingerprint density at radius 2 is 1.82 bits per heavy atom. The first kappa shape index (κ1) is 13.5. The fourth-order valence-corrected chi connectivity index (χ4v) is 3.79. The maximum Gasteiger partial charge on any atom is 0.310 e. The van der Waals surface area contributed by atoms with Crippen molar-refractivity contribution in [2.45, 2.75) is 31.5 Å². The van der Waals surface area contributed by atoms with Crippen molar-refractivity contribution >= 4 is 17.6 Å². The van der Waals surface area contributed by atoms with Crippen LogP contribution in [0.4, 0.5) is 5.69 Å². The van der Waals surface area contributed by atoms with Crippen molar-refractivity contribution < 1.29 is 19.4 Å². The molecular weight excluding hydrogens is 282 g/mol. The number of aliphatic carboxylic acids is 1. The number of aryl methyl sites for hydroxylation is 2. The van der Waals surface area contributed by atoms with Gasteiger partial charge in [0.2, 0.25) is 5.91 Å². The second-order valence-corrected chi connectivity index (χ2v) is 6.17. The van der Waals surface area contributed by atoms with E-state index < -0.39 is 30.0 Å². The smallest absolute Gasteiger partial charge is 0.310 e. The van der Waals surface area contributed by atoms with E-state index in [0.717, 1.165) is 24.9 Å². The fourth-order valence-electron chi connectivity index (χ4n) is 3.79. The Bertz CT molecular complexity index is 681. The highest BCUT2D eigenvalue weighted by atomic mass is 16.5. The molecule has 1 aromatic carbocycles. The standard InChI is InChI=1S/C17H17NO4/c19-16(14-12-6-7-13(22-12)15(14)17(20)21)18-11-5-4-9-2-1-3-10(9)8-11/h4-8,12-15H,1-3H2,(H,18,19)(H,20,21). The van der Waals surface area contributed by atoms with E-state index in [0.29, 0.717) is 0 Å². The number of hydrogen-bond acceptors (Lipinski definition) is 3. The van der Waals surface area contributed by atoms with Crippen LogP contribution in [0.1, 0.15) is 17.5 Å². The topological polar surface area (TPSA) is 75.6 Å². The highest BCUT2D eigenvalue weighted by molar-refractivity contribution is 5.96. The summed E-state index contributed by atoms with van der Waals surface area (Å²) in [6.07, 6.45) is 5.89. The SMILES string of the molecule is O=C(O)C1C2C=CC(O2)C1C(=O)Nc1ccc2c(c1)CCC2. The van der Waals surface area contributed by atoms with Gasteiger partial charge in [0, 0.05) is 5.69 Å². The number of rotatable bonds is 3. The van der Waals surface area contributed by atoms with E-state index in [1.807, 2.05) is 18.2 Å². The number of anilines is 1. The Morgan fingerprint density at radius 3 is 2.59 bits per heavy atom. The Kier molecular flexibility index (Phi) is 3.04. The van der Waals surface area contributed by atoms with E-state index in [4.69, 9.17) is 4.74 Å². The minimum absolute atomic E-state index is 0.276. The van der Waals surface area contributed by atoms with Crippen LogP contribution in [-0.4, -0.2) is 29.2 Å². The molecule has 1 amide bonds. The fraction of sp³-hybridized carbons (Fsp3) is 0.412. The lowest BCUT2D eigenvalue weighted by molar-refractivity contribution is -0.145. The van der Waals surface area contributed by atoms with Crippen LogP contribution in [0.5, 0.6) is 0 Å². The summed E-state index contributed by atoms with van der Waals surface area (Å²) in [6.45, 7) is 0. The van der Waals surface area contributed by atoms with Crippen LogP contribution >= 0.6 is 0 Å². The van der Waals surface area contributed by atoms with Crippen molar-refractivity contribution in [2.75, 3.05) is 5.32 Å². The minimum Gasteiger partial charge on any atom is -0.481 e. The maximum atomic E-state index is 12.5. The summed E-state index contributed by atoms with van der Waals surface area (Å²) in [5.74, 6) is -2.72. The number of hydrogen-bond donors (Lipinski definition) is 2. The molecule has 0 spiro atoms. The van der Waals surface area contributed by atoms with Gasteiger partial charge in [0.15, 0.2) is 0 Å². The van der Waals surface area contributed by atoms with E-state index in [2.05, 4.69) is 5.32 Å². The van der Waals surface area contributed by atoms with Gasteiger partial charge in [-0.2, -0.15) is 0 Å². The summed E-state index contributed by atoms with van der Waals surface area (Å²) < 4.78 is 5.54. The van der Waals surface area contributed by atoms with Gasteiger partial charge in [-0.3, -0.25) is 9.59 Å². The summed E-state index contributed by atoms with van der Waals surface area (Å²) in [4.78, 5) is 23.9. The minimum atomic E-state index is -0.981. The number of nitrogens with one attached hydrogen (secondary N) is 1. The predicted octanol–water partition coefficient (Wildman–Crippen LogP) is 1.77. The third-order valence-electron chi connectivity index (χ3n) is 4.85. The summed E-state index contributed by atoms with van der Waals surface area (Å²) >= 11 is 0.